The third-order valence-electron chi connectivity index (χ3n) is 5.74. The fraction of sp³-hybridized carbons (Fsp3) is 0.207. The first kappa shape index (κ1) is 25.4. The Kier molecular flexibility index (Phi) is 8.03. The number of hydrogen-bond donors (Lipinski definition) is 1. The molecule has 0 spiro atoms. The standard InChI is InChI=1S/C29H29N3O3S/c1-5-21-6-8-22(9-7-21)18-36-29-31-26-17-23(27(33)30-12-13-35-4)10-11-25(26)28(34)32(29)24-15-19(2)14-20(3)16-24/h5-11,14-17H,1,12-13,18H2,2-4H3,(H,30,33). The number of benzene rings is 3. The van der Waals surface area contributed by atoms with Crippen LogP contribution in [-0.2, 0) is 10.5 Å². The number of nitrogens with zero attached hydrogens (tertiary/aromatic N) is 2. The Morgan fingerprint density at radius 2 is 1.81 bits per heavy atom. The Hall–Kier alpha value is -3.68. The summed E-state index contributed by atoms with van der Waals surface area (Å²) in [7, 11) is 1.58. The van der Waals surface area contributed by atoms with Crippen molar-refractivity contribution in [2.75, 3.05) is 20.3 Å². The highest BCUT2D eigenvalue weighted by molar-refractivity contribution is 7.98. The van der Waals surface area contributed by atoms with Gasteiger partial charge in [0.1, 0.15) is 0 Å². The van der Waals surface area contributed by atoms with Crippen molar-refractivity contribution in [2.45, 2.75) is 24.8 Å². The Balaban J connectivity index is 1.79. The highest BCUT2D eigenvalue weighted by atomic mass is 32.2. The molecule has 1 N–H and O–H groups in total. The summed E-state index contributed by atoms with van der Waals surface area (Å²) in [4.78, 5) is 31.2. The van der Waals surface area contributed by atoms with Crippen molar-refractivity contribution in [1.29, 1.82) is 0 Å². The van der Waals surface area contributed by atoms with Crippen LogP contribution < -0.4 is 10.9 Å². The van der Waals surface area contributed by atoms with Gasteiger partial charge in [-0.05, 0) is 66.4 Å². The second kappa shape index (κ2) is 11.4. The van der Waals surface area contributed by atoms with Crippen molar-refractivity contribution in [1.82, 2.24) is 14.9 Å². The van der Waals surface area contributed by atoms with Gasteiger partial charge in [0, 0.05) is 25.0 Å². The number of rotatable bonds is 9. The second-order valence-electron chi connectivity index (χ2n) is 8.60. The van der Waals surface area contributed by atoms with Gasteiger partial charge in [-0.1, -0.05) is 54.7 Å². The van der Waals surface area contributed by atoms with Crippen LogP contribution in [0.1, 0.15) is 32.6 Å². The van der Waals surface area contributed by atoms with Gasteiger partial charge in [0.05, 0.1) is 23.2 Å². The van der Waals surface area contributed by atoms with Gasteiger partial charge < -0.3 is 10.1 Å². The van der Waals surface area contributed by atoms with E-state index in [1.807, 2.05) is 56.3 Å². The lowest BCUT2D eigenvalue weighted by Crippen LogP contribution is -2.27. The van der Waals surface area contributed by atoms with E-state index in [-0.39, 0.29) is 11.5 Å². The topological polar surface area (TPSA) is 73.2 Å². The molecule has 4 rings (SSSR count). The Labute approximate surface area is 215 Å². The maximum absolute atomic E-state index is 13.7. The van der Waals surface area contributed by atoms with Gasteiger partial charge in [-0.25, -0.2) is 4.98 Å². The Morgan fingerprint density at radius 3 is 2.47 bits per heavy atom. The van der Waals surface area contributed by atoms with Crippen molar-refractivity contribution in [3.05, 3.63) is 105 Å². The molecule has 0 fully saturated rings. The average molecular weight is 500 g/mol. The molecule has 0 bridgehead atoms. The molecule has 4 aromatic rings. The van der Waals surface area contributed by atoms with E-state index < -0.39 is 0 Å². The first-order chi connectivity index (χ1) is 17.4. The van der Waals surface area contributed by atoms with E-state index in [0.29, 0.717) is 40.5 Å². The normalized spacial score (nSPS) is 11.0. The predicted octanol–water partition coefficient (Wildman–Crippen LogP) is 5.31. The van der Waals surface area contributed by atoms with Gasteiger partial charge in [0.25, 0.3) is 11.5 Å². The first-order valence-electron chi connectivity index (χ1n) is 11.7. The monoisotopic (exact) mass is 499 g/mol. The van der Waals surface area contributed by atoms with Crippen LogP contribution in [0.4, 0.5) is 0 Å². The zero-order valence-corrected chi connectivity index (χ0v) is 21.5. The molecule has 0 unspecified atom stereocenters. The molecule has 1 aromatic heterocycles. The molecule has 184 valence electrons. The van der Waals surface area contributed by atoms with Crippen LogP contribution >= 0.6 is 11.8 Å². The van der Waals surface area contributed by atoms with E-state index in [0.717, 1.165) is 27.9 Å². The third-order valence-corrected chi connectivity index (χ3v) is 6.75. The minimum absolute atomic E-state index is 0.166. The van der Waals surface area contributed by atoms with E-state index in [4.69, 9.17) is 9.72 Å². The van der Waals surface area contributed by atoms with Gasteiger partial charge in [0.15, 0.2) is 5.16 Å². The Morgan fingerprint density at radius 1 is 1.08 bits per heavy atom. The number of hydrogen-bond acceptors (Lipinski definition) is 5. The van der Waals surface area contributed by atoms with E-state index >= 15 is 0 Å². The average Bonchev–Trinajstić information content (AvgIpc) is 2.87. The number of nitrogens with one attached hydrogen (secondary N) is 1. The molecular formula is C29H29N3O3S. The molecule has 0 radical (unpaired) electrons. The molecule has 0 aliphatic carbocycles. The van der Waals surface area contributed by atoms with E-state index in [2.05, 4.69) is 18.0 Å². The van der Waals surface area contributed by atoms with Crippen molar-refractivity contribution in [3.8, 4) is 5.69 Å². The number of carbonyl (C=O) groups is 1. The number of fused-ring (bicyclic) bond motifs is 1. The van der Waals surface area contributed by atoms with Crippen LogP contribution in [0.5, 0.6) is 0 Å². The summed E-state index contributed by atoms with van der Waals surface area (Å²) in [5.41, 5.74) is 5.84. The number of amides is 1. The number of aryl methyl sites for hydroxylation is 2. The molecule has 7 heteroatoms. The maximum atomic E-state index is 13.7. The quantitative estimate of drug-likeness (QED) is 0.192. The highest BCUT2D eigenvalue weighted by Gasteiger charge is 2.16. The van der Waals surface area contributed by atoms with Gasteiger partial charge in [-0.15, -0.1) is 0 Å². The van der Waals surface area contributed by atoms with Gasteiger partial charge in [0.2, 0.25) is 0 Å². The van der Waals surface area contributed by atoms with Crippen LogP contribution in [0, 0.1) is 13.8 Å². The Bertz CT molecular complexity index is 1460. The molecule has 36 heavy (non-hydrogen) atoms. The van der Waals surface area contributed by atoms with Crippen LogP contribution in [0.2, 0.25) is 0 Å². The third kappa shape index (κ3) is 5.75. The van der Waals surface area contributed by atoms with Gasteiger partial charge >= 0.3 is 0 Å². The molecular weight excluding hydrogens is 470 g/mol. The largest absolute Gasteiger partial charge is 0.383 e. The number of carbonyl (C=O) groups excluding carboxylic acids is 1. The van der Waals surface area contributed by atoms with Crippen LogP contribution in [0.25, 0.3) is 22.7 Å². The van der Waals surface area contributed by atoms with Gasteiger partial charge in [-0.3, -0.25) is 14.2 Å². The van der Waals surface area contributed by atoms with Gasteiger partial charge in [-0.2, -0.15) is 0 Å². The number of thioether (sulfide) groups is 1. The zero-order valence-electron chi connectivity index (χ0n) is 20.7. The summed E-state index contributed by atoms with van der Waals surface area (Å²) < 4.78 is 6.67. The SMILES string of the molecule is C=Cc1ccc(CSc2nc3cc(C(=O)NCCOC)ccc3c(=O)n2-c2cc(C)cc(C)c2)cc1. The summed E-state index contributed by atoms with van der Waals surface area (Å²) in [5, 5.41) is 3.84. The molecule has 0 saturated heterocycles. The fourth-order valence-corrected chi connectivity index (χ4v) is 4.95. The summed E-state index contributed by atoms with van der Waals surface area (Å²) in [5.74, 6) is 0.405. The zero-order chi connectivity index (χ0) is 25.7. The minimum Gasteiger partial charge on any atom is -0.383 e. The minimum atomic E-state index is -0.231. The lowest BCUT2D eigenvalue weighted by atomic mass is 10.1. The highest BCUT2D eigenvalue weighted by Crippen LogP contribution is 2.26. The molecule has 3 aromatic carbocycles. The van der Waals surface area contributed by atoms with Crippen molar-refractivity contribution >= 4 is 34.6 Å². The summed E-state index contributed by atoms with van der Waals surface area (Å²) in [6.07, 6.45) is 1.81. The van der Waals surface area contributed by atoms with Crippen molar-refractivity contribution < 1.29 is 9.53 Å². The van der Waals surface area contributed by atoms with Crippen molar-refractivity contribution in [3.63, 3.8) is 0 Å². The number of methoxy groups -OCH3 is 1. The molecule has 0 aliphatic rings. The molecule has 6 nitrogen and oxygen atoms in total. The van der Waals surface area contributed by atoms with Crippen LogP contribution in [0.15, 0.2) is 77.2 Å². The first-order valence-corrected chi connectivity index (χ1v) is 12.6. The fourth-order valence-electron chi connectivity index (χ4n) is 3.98. The van der Waals surface area contributed by atoms with E-state index in [1.165, 1.54) is 11.8 Å². The smallest absolute Gasteiger partial charge is 0.266 e. The lowest BCUT2D eigenvalue weighted by molar-refractivity contribution is 0.0937. The summed E-state index contributed by atoms with van der Waals surface area (Å²) in [6, 6.07) is 19.2. The van der Waals surface area contributed by atoms with Crippen molar-refractivity contribution in [2.24, 2.45) is 0 Å². The summed E-state index contributed by atoms with van der Waals surface area (Å²) >= 11 is 1.49. The maximum Gasteiger partial charge on any atom is 0.266 e. The summed E-state index contributed by atoms with van der Waals surface area (Å²) in [6.45, 7) is 8.66. The molecule has 0 aliphatic heterocycles. The lowest BCUT2D eigenvalue weighted by Gasteiger charge is -2.15. The van der Waals surface area contributed by atoms with Crippen LogP contribution in [-0.4, -0.2) is 35.7 Å². The molecule has 1 amide bonds. The van der Waals surface area contributed by atoms with E-state index in [1.54, 1.807) is 29.9 Å². The molecule has 0 saturated carbocycles. The number of aromatic nitrogens is 2. The molecule has 0 atom stereocenters. The van der Waals surface area contributed by atoms with E-state index in [9.17, 15) is 9.59 Å². The second-order valence-corrected chi connectivity index (χ2v) is 9.54. The molecule has 1 heterocycles. The number of ether oxygens (including phenoxy) is 1. The van der Waals surface area contributed by atoms with Crippen LogP contribution in [0.3, 0.4) is 0 Å². The predicted molar refractivity (Wildman–Crippen MR) is 147 cm³/mol.